The van der Waals surface area contributed by atoms with Crippen molar-refractivity contribution in [1.82, 2.24) is 0 Å². The molecule has 0 amide bonds. The van der Waals surface area contributed by atoms with E-state index in [1.165, 1.54) is 25.1 Å². The molecule has 0 spiro atoms. The second kappa shape index (κ2) is 17.0. The van der Waals surface area contributed by atoms with Gasteiger partial charge >= 0.3 is 24.2 Å². The predicted octanol–water partition coefficient (Wildman–Crippen LogP) is 5.71. The Bertz CT molecular complexity index is 2060. The van der Waals surface area contributed by atoms with Crippen molar-refractivity contribution in [2.24, 2.45) is 0 Å². The van der Waals surface area contributed by atoms with E-state index in [-0.39, 0.29) is 48.9 Å². The van der Waals surface area contributed by atoms with Gasteiger partial charge in [-0.1, -0.05) is 66.2 Å². The SMILES string of the molecule is C=CCOC(=O)O[C@H]1[C@H](OC(=O)C(Cl)(Cl)Cl)[C@@H](OC(=O)OCC=C)C(Oc2c3c(c(-c4ccc5c(c4)OCO5)c4cc(CO)c(CO)cc24)C(=O)OC3)O[C@@H]1C. The number of alkyl halides is 3. The molecule has 1 fully saturated rings. The quantitative estimate of drug-likeness (QED) is 0.0971. The first-order valence-corrected chi connectivity index (χ1v) is 17.8. The zero-order chi connectivity index (χ0) is 40.3. The van der Waals surface area contributed by atoms with E-state index >= 15 is 0 Å². The smallest absolute Gasteiger partial charge is 0.460 e. The summed E-state index contributed by atoms with van der Waals surface area (Å²) in [6.07, 6.45) is -8.30. The minimum atomic E-state index is -2.66. The van der Waals surface area contributed by atoms with Gasteiger partial charge in [-0.05, 0) is 53.3 Å². The Morgan fingerprint density at radius 1 is 0.839 bits per heavy atom. The number of esters is 2. The van der Waals surface area contributed by atoms with Crippen LogP contribution in [0.15, 0.2) is 55.6 Å². The highest BCUT2D eigenvalue weighted by atomic mass is 35.6. The Labute approximate surface area is 333 Å². The van der Waals surface area contributed by atoms with Gasteiger partial charge in [-0.25, -0.2) is 19.2 Å². The molecule has 0 aliphatic carbocycles. The number of hydrogen-bond donors (Lipinski definition) is 2. The zero-order valence-corrected chi connectivity index (χ0v) is 31.6. The molecule has 19 heteroatoms. The van der Waals surface area contributed by atoms with Crippen LogP contribution in [0.4, 0.5) is 9.59 Å². The van der Waals surface area contributed by atoms with Gasteiger partial charge in [0.25, 0.3) is 3.79 Å². The van der Waals surface area contributed by atoms with Crippen molar-refractivity contribution in [2.45, 2.75) is 61.2 Å². The number of aliphatic hydroxyl groups is 2. The normalized spacial score (nSPS) is 21.0. The van der Waals surface area contributed by atoms with E-state index in [1.807, 2.05) is 0 Å². The van der Waals surface area contributed by atoms with Crippen LogP contribution in [-0.2, 0) is 57.8 Å². The number of carbonyl (C=O) groups is 4. The van der Waals surface area contributed by atoms with Crippen LogP contribution < -0.4 is 14.2 Å². The molecule has 5 atom stereocenters. The maximum absolute atomic E-state index is 13.6. The summed E-state index contributed by atoms with van der Waals surface area (Å²) in [5.74, 6) is -1.33. The van der Waals surface area contributed by atoms with Gasteiger partial charge in [0, 0.05) is 16.5 Å². The number of ether oxygens (including phenoxy) is 10. The summed E-state index contributed by atoms with van der Waals surface area (Å²) in [7, 11) is 0. The molecule has 3 aromatic carbocycles. The lowest BCUT2D eigenvalue weighted by atomic mass is 9.87. The maximum Gasteiger partial charge on any atom is 0.509 e. The van der Waals surface area contributed by atoms with Crippen molar-refractivity contribution in [1.29, 1.82) is 0 Å². The summed E-state index contributed by atoms with van der Waals surface area (Å²) < 4.78 is 53.2. The summed E-state index contributed by atoms with van der Waals surface area (Å²) in [6, 6.07) is 8.18. The third-order valence-electron chi connectivity index (χ3n) is 8.77. The first kappa shape index (κ1) is 40.7. The average molecular weight is 840 g/mol. The summed E-state index contributed by atoms with van der Waals surface area (Å²) in [6.45, 7) is 6.50. The summed E-state index contributed by atoms with van der Waals surface area (Å²) >= 11 is 17.5. The molecule has 16 nitrogen and oxygen atoms in total. The van der Waals surface area contributed by atoms with E-state index < -0.39 is 72.0 Å². The van der Waals surface area contributed by atoms with Crippen LogP contribution >= 0.6 is 34.8 Å². The van der Waals surface area contributed by atoms with E-state index in [2.05, 4.69) is 13.2 Å². The Balaban J connectivity index is 1.53. The largest absolute Gasteiger partial charge is 0.509 e. The molecule has 2 N–H and O–H groups in total. The minimum Gasteiger partial charge on any atom is -0.460 e. The van der Waals surface area contributed by atoms with E-state index in [4.69, 9.17) is 82.2 Å². The van der Waals surface area contributed by atoms with Crippen molar-refractivity contribution in [3.8, 4) is 28.4 Å². The molecular formula is C37H33Cl3O16. The van der Waals surface area contributed by atoms with Gasteiger partial charge in [0.05, 0.1) is 18.8 Å². The molecule has 1 unspecified atom stereocenters. The van der Waals surface area contributed by atoms with Crippen molar-refractivity contribution in [2.75, 3.05) is 20.0 Å². The molecule has 298 valence electrons. The molecule has 1 saturated heterocycles. The lowest BCUT2D eigenvalue weighted by Gasteiger charge is -2.43. The monoisotopic (exact) mass is 838 g/mol. The number of aliphatic hydroxyl groups excluding tert-OH is 2. The number of hydrogen-bond acceptors (Lipinski definition) is 16. The third kappa shape index (κ3) is 8.26. The van der Waals surface area contributed by atoms with E-state index in [0.717, 1.165) is 0 Å². The number of fused-ring (bicyclic) bond motifs is 3. The fourth-order valence-corrected chi connectivity index (χ4v) is 6.47. The van der Waals surface area contributed by atoms with E-state index in [9.17, 15) is 29.4 Å². The second-order valence-electron chi connectivity index (χ2n) is 12.2. The van der Waals surface area contributed by atoms with Gasteiger partial charge < -0.3 is 57.6 Å². The zero-order valence-electron chi connectivity index (χ0n) is 29.3. The standard InChI is InChI=1S/C37H33Cl3O16/c1-4-8-47-35(45)55-28-17(3)52-33(31(56-36(46)48-9-5-2)30(28)54-34(44)37(38,39)40)53-29-22-11-20(14-42)19(13-41)10-21(22)26(27-23(29)15-49-32(27)43)18-6-7-24-25(12-18)51-16-50-24/h4-7,10-12,17,28,30-31,33,41-42H,1-2,8-9,13-16H2,3H3/t17-,28-,30+,31-,33?/m1/s1. The van der Waals surface area contributed by atoms with Crippen LogP contribution in [0.2, 0.25) is 0 Å². The van der Waals surface area contributed by atoms with E-state index in [0.29, 0.717) is 39.1 Å². The highest BCUT2D eigenvalue weighted by molar-refractivity contribution is 6.75. The van der Waals surface area contributed by atoms with E-state index in [1.54, 1.807) is 24.3 Å². The van der Waals surface area contributed by atoms with Gasteiger partial charge in [0.1, 0.15) is 31.7 Å². The number of rotatable bonds is 12. The molecule has 56 heavy (non-hydrogen) atoms. The maximum atomic E-state index is 13.6. The molecular weight excluding hydrogens is 807 g/mol. The Kier molecular flexibility index (Phi) is 12.4. The molecule has 3 heterocycles. The highest BCUT2D eigenvalue weighted by Crippen LogP contribution is 2.48. The Hall–Kier alpha value is -4.97. The second-order valence-corrected chi connectivity index (χ2v) is 14.5. The van der Waals surface area contributed by atoms with Gasteiger partial charge in [0.15, 0.2) is 23.7 Å². The molecule has 0 radical (unpaired) electrons. The molecule has 3 aliphatic heterocycles. The molecule has 3 aliphatic rings. The van der Waals surface area contributed by atoms with Crippen molar-refractivity contribution < 1.29 is 76.8 Å². The van der Waals surface area contributed by atoms with Crippen LogP contribution in [0.5, 0.6) is 17.2 Å². The fraction of sp³-hybridized carbons (Fsp3) is 0.351. The lowest BCUT2D eigenvalue weighted by Crippen LogP contribution is -2.62. The van der Waals surface area contributed by atoms with Gasteiger partial charge in [-0.2, -0.15) is 0 Å². The summed E-state index contributed by atoms with van der Waals surface area (Å²) in [5.41, 5.74) is 1.80. The minimum absolute atomic E-state index is 0.00889. The highest BCUT2D eigenvalue weighted by Gasteiger charge is 2.54. The third-order valence-corrected chi connectivity index (χ3v) is 9.23. The summed E-state index contributed by atoms with van der Waals surface area (Å²) in [4.78, 5) is 52.4. The molecule has 3 aromatic rings. The summed E-state index contributed by atoms with van der Waals surface area (Å²) in [5, 5.41) is 21.3. The first-order valence-electron chi connectivity index (χ1n) is 16.7. The molecule has 0 aromatic heterocycles. The molecule has 0 bridgehead atoms. The van der Waals surface area contributed by atoms with Gasteiger partial charge in [0.2, 0.25) is 19.2 Å². The Morgan fingerprint density at radius 3 is 2.09 bits per heavy atom. The van der Waals surface area contributed by atoms with Crippen LogP contribution in [0.1, 0.15) is 34.0 Å². The topological polar surface area (TPSA) is 201 Å². The van der Waals surface area contributed by atoms with Crippen LogP contribution in [0.25, 0.3) is 21.9 Å². The Morgan fingerprint density at radius 2 is 1.46 bits per heavy atom. The number of carbonyl (C=O) groups excluding carboxylic acids is 4. The van der Waals surface area contributed by atoms with Crippen molar-refractivity contribution in [3.63, 3.8) is 0 Å². The van der Waals surface area contributed by atoms with Gasteiger partial charge in [-0.3, -0.25) is 0 Å². The van der Waals surface area contributed by atoms with Crippen molar-refractivity contribution in [3.05, 3.63) is 77.9 Å². The predicted molar refractivity (Wildman–Crippen MR) is 194 cm³/mol. The molecule has 0 saturated carbocycles. The number of benzene rings is 3. The van der Waals surface area contributed by atoms with Crippen LogP contribution in [-0.4, -0.2) is 89.0 Å². The fourth-order valence-electron chi connectivity index (χ4n) is 6.34. The first-order chi connectivity index (χ1) is 26.8. The van der Waals surface area contributed by atoms with Crippen LogP contribution in [0, 0.1) is 0 Å². The number of cyclic esters (lactones) is 1. The van der Waals surface area contributed by atoms with Crippen molar-refractivity contribution >= 4 is 69.8 Å². The number of halogens is 3. The van der Waals surface area contributed by atoms with Gasteiger partial charge in [-0.15, -0.1) is 0 Å². The lowest BCUT2D eigenvalue weighted by molar-refractivity contribution is -0.275. The molecule has 6 rings (SSSR count). The average Bonchev–Trinajstić information content (AvgIpc) is 3.81. The van der Waals surface area contributed by atoms with Crippen LogP contribution in [0.3, 0.4) is 0 Å².